The summed E-state index contributed by atoms with van der Waals surface area (Å²) in [5.74, 6) is -0.0383. The minimum absolute atomic E-state index is 0.0383. The molecule has 62 valence electrons. The molecule has 0 unspecified atom stereocenters. The monoisotopic (exact) mass is 154 g/mol. The van der Waals surface area contributed by atoms with E-state index in [0.717, 1.165) is 19.3 Å². The van der Waals surface area contributed by atoms with Crippen LogP contribution in [0.2, 0.25) is 0 Å². The molecule has 1 saturated carbocycles. The van der Waals surface area contributed by atoms with Crippen molar-refractivity contribution in [1.29, 1.82) is 0 Å². The van der Waals surface area contributed by atoms with E-state index in [0.29, 0.717) is 6.54 Å². The predicted molar refractivity (Wildman–Crippen MR) is 44.0 cm³/mol. The van der Waals surface area contributed by atoms with Crippen molar-refractivity contribution in [2.45, 2.75) is 24.8 Å². The van der Waals surface area contributed by atoms with Crippen LogP contribution in [-0.4, -0.2) is 18.0 Å². The molecule has 0 aromatic rings. The molecule has 0 bridgehead atoms. The topological polar surface area (TPSA) is 55.1 Å². The van der Waals surface area contributed by atoms with Crippen LogP contribution in [0.15, 0.2) is 12.7 Å². The van der Waals surface area contributed by atoms with Crippen molar-refractivity contribution in [2.24, 2.45) is 5.73 Å². The lowest BCUT2D eigenvalue weighted by Crippen LogP contribution is -2.58. The Kier molecular flexibility index (Phi) is 2.29. The number of nitrogens with two attached hydrogens (primary N) is 1. The molecule has 3 N–H and O–H groups in total. The Balaban J connectivity index is 2.34. The van der Waals surface area contributed by atoms with Crippen LogP contribution in [0.1, 0.15) is 19.3 Å². The van der Waals surface area contributed by atoms with Crippen molar-refractivity contribution in [3.63, 3.8) is 0 Å². The van der Waals surface area contributed by atoms with Gasteiger partial charge in [-0.05, 0) is 19.3 Å². The molecular formula is C8H14N2O. The van der Waals surface area contributed by atoms with Gasteiger partial charge in [-0.15, -0.1) is 6.58 Å². The van der Waals surface area contributed by atoms with Gasteiger partial charge in [0.1, 0.15) is 0 Å². The van der Waals surface area contributed by atoms with Gasteiger partial charge in [-0.25, -0.2) is 0 Å². The molecule has 0 radical (unpaired) electrons. The highest BCUT2D eigenvalue weighted by Gasteiger charge is 2.39. The summed E-state index contributed by atoms with van der Waals surface area (Å²) in [5, 5.41) is 2.69. The molecule has 0 heterocycles. The normalized spacial score (nSPS) is 20.1. The summed E-state index contributed by atoms with van der Waals surface area (Å²) in [7, 11) is 0. The first-order valence-corrected chi connectivity index (χ1v) is 3.87. The molecule has 0 aromatic carbocycles. The molecule has 11 heavy (non-hydrogen) atoms. The third kappa shape index (κ3) is 1.60. The van der Waals surface area contributed by atoms with Gasteiger partial charge in [0.05, 0.1) is 5.54 Å². The fourth-order valence-corrected chi connectivity index (χ4v) is 1.13. The van der Waals surface area contributed by atoms with Crippen LogP contribution < -0.4 is 11.1 Å². The zero-order valence-electron chi connectivity index (χ0n) is 6.60. The molecule has 0 aromatic heterocycles. The lowest BCUT2D eigenvalue weighted by atomic mass is 9.77. The van der Waals surface area contributed by atoms with Gasteiger partial charge in [-0.1, -0.05) is 6.08 Å². The van der Waals surface area contributed by atoms with E-state index < -0.39 is 5.54 Å². The fourth-order valence-electron chi connectivity index (χ4n) is 1.13. The van der Waals surface area contributed by atoms with E-state index in [1.807, 2.05) is 0 Å². The second-order valence-corrected chi connectivity index (χ2v) is 3.01. The van der Waals surface area contributed by atoms with Crippen molar-refractivity contribution in [2.75, 3.05) is 6.54 Å². The summed E-state index contributed by atoms with van der Waals surface area (Å²) in [6.45, 7) is 4.01. The van der Waals surface area contributed by atoms with Gasteiger partial charge in [0.15, 0.2) is 0 Å². The Morgan fingerprint density at radius 3 is 2.73 bits per heavy atom. The van der Waals surface area contributed by atoms with Crippen molar-refractivity contribution in [3.8, 4) is 0 Å². The molecule has 0 atom stereocenters. The zero-order valence-corrected chi connectivity index (χ0v) is 6.60. The minimum atomic E-state index is -0.566. The van der Waals surface area contributed by atoms with Crippen molar-refractivity contribution in [1.82, 2.24) is 5.32 Å². The maximum absolute atomic E-state index is 11.2. The van der Waals surface area contributed by atoms with Gasteiger partial charge in [0, 0.05) is 6.54 Å². The number of nitrogens with one attached hydrogen (secondary N) is 1. The minimum Gasteiger partial charge on any atom is -0.351 e. The number of rotatable bonds is 3. The quantitative estimate of drug-likeness (QED) is 0.569. The summed E-state index contributed by atoms with van der Waals surface area (Å²) in [4.78, 5) is 11.2. The second-order valence-electron chi connectivity index (χ2n) is 3.01. The highest BCUT2D eigenvalue weighted by atomic mass is 16.2. The molecule has 1 aliphatic rings. The summed E-state index contributed by atoms with van der Waals surface area (Å²) in [5.41, 5.74) is 5.17. The van der Waals surface area contributed by atoms with E-state index >= 15 is 0 Å². The molecule has 1 amide bonds. The van der Waals surface area contributed by atoms with Crippen LogP contribution in [-0.2, 0) is 4.79 Å². The standard InChI is InChI=1S/C8H14N2O/c1-2-6-10-7(11)8(9)4-3-5-8/h2H,1,3-6,9H2,(H,10,11). The van der Waals surface area contributed by atoms with E-state index in [1.54, 1.807) is 6.08 Å². The number of carbonyl (C=O) groups excluding carboxylic acids is 1. The Morgan fingerprint density at radius 1 is 1.73 bits per heavy atom. The number of hydrogen-bond donors (Lipinski definition) is 2. The highest BCUT2D eigenvalue weighted by Crippen LogP contribution is 2.28. The second kappa shape index (κ2) is 3.05. The highest BCUT2D eigenvalue weighted by molar-refractivity contribution is 5.87. The maximum atomic E-state index is 11.2. The van der Waals surface area contributed by atoms with Gasteiger partial charge in [0.2, 0.25) is 5.91 Å². The number of amides is 1. The van der Waals surface area contributed by atoms with Gasteiger partial charge < -0.3 is 11.1 Å². The summed E-state index contributed by atoms with van der Waals surface area (Å²) in [6, 6.07) is 0. The number of hydrogen-bond acceptors (Lipinski definition) is 2. The number of carbonyl (C=O) groups is 1. The van der Waals surface area contributed by atoms with Crippen LogP contribution in [0.25, 0.3) is 0 Å². The zero-order chi connectivity index (χ0) is 8.32. The van der Waals surface area contributed by atoms with Crippen molar-refractivity contribution in [3.05, 3.63) is 12.7 Å². The Hall–Kier alpha value is -0.830. The Bertz CT molecular complexity index is 173. The average molecular weight is 154 g/mol. The van der Waals surface area contributed by atoms with Crippen molar-refractivity contribution >= 4 is 5.91 Å². The Morgan fingerprint density at radius 2 is 2.36 bits per heavy atom. The lowest BCUT2D eigenvalue weighted by Gasteiger charge is -2.35. The fraction of sp³-hybridized carbons (Fsp3) is 0.625. The summed E-state index contributed by atoms with van der Waals surface area (Å²) in [6.07, 6.45) is 4.35. The van der Waals surface area contributed by atoms with Crippen LogP contribution in [0.3, 0.4) is 0 Å². The molecule has 1 aliphatic carbocycles. The molecule has 1 fully saturated rings. The first kappa shape index (κ1) is 8.27. The SMILES string of the molecule is C=CCNC(=O)C1(N)CCC1. The molecule has 3 heteroatoms. The van der Waals surface area contributed by atoms with Gasteiger partial charge >= 0.3 is 0 Å². The Labute approximate surface area is 66.6 Å². The third-order valence-electron chi connectivity index (χ3n) is 2.10. The van der Waals surface area contributed by atoms with E-state index in [2.05, 4.69) is 11.9 Å². The first-order valence-electron chi connectivity index (χ1n) is 3.87. The summed E-state index contributed by atoms with van der Waals surface area (Å²) >= 11 is 0. The van der Waals surface area contributed by atoms with Crippen molar-refractivity contribution < 1.29 is 4.79 Å². The van der Waals surface area contributed by atoms with E-state index in [-0.39, 0.29) is 5.91 Å². The predicted octanol–water partition coefficient (Wildman–Crippen LogP) is 0.170. The first-order chi connectivity index (χ1) is 5.19. The maximum Gasteiger partial charge on any atom is 0.240 e. The molecule has 0 spiro atoms. The smallest absolute Gasteiger partial charge is 0.240 e. The molecule has 0 aliphatic heterocycles. The van der Waals surface area contributed by atoms with E-state index in [4.69, 9.17) is 5.73 Å². The van der Waals surface area contributed by atoms with Crippen LogP contribution in [0.5, 0.6) is 0 Å². The van der Waals surface area contributed by atoms with Crippen LogP contribution in [0, 0.1) is 0 Å². The van der Waals surface area contributed by atoms with Gasteiger partial charge in [0.25, 0.3) is 0 Å². The van der Waals surface area contributed by atoms with E-state index in [1.165, 1.54) is 0 Å². The average Bonchev–Trinajstić information content (AvgIpc) is 1.95. The van der Waals surface area contributed by atoms with E-state index in [9.17, 15) is 4.79 Å². The largest absolute Gasteiger partial charge is 0.351 e. The van der Waals surface area contributed by atoms with Crippen LogP contribution >= 0.6 is 0 Å². The summed E-state index contributed by atoms with van der Waals surface area (Å²) < 4.78 is 0. The molecule has 1 rings (SSSR count). The molecular weight excluding hydrogens is 140 g/mol. The third-order valence-corrected chi connectivity index (χ3v) is 2.10. The molecule has 3 nitrogen and oxygen atoms in total. The molecule has 0 saturated heterocycles. The lowest BCUT2D eigenvalue weighted by molar-refractivity contribution is -0.128. The van der Waals surface area contributed by atoms with Gasteiger partial charge in [-0.2, -0.15) is 0 Å². The van der Waals surface area contributed by atoms with Crippen LogP contribution in [0.4, 0.5) is 0 Å². The van der Waals surface area contributed by atoms with Gasteiger partial charge in [-0.3, -0.25) is 4.79 Å².